The molecule has 0 heterocycles. The van der Waals surface area contributed by atoms with Crippen molar-refractivity contribution in [1.82, 2.24) is 0 Å². The van der Waals surface area contributed by atoms with Gasteiger partial charge in [-0.25, -0.2) is 0 Å². The summed E-state index contributed by atoms with van der Waals surface area (Å²) in [5, 5.41) is 4.02. The third-order valence-corrected chi connectivity index (χ3v) is 12.2. The first-order valence-electron chi connectivity index (χ1n) is 12.3. The average molecular weight is 493 g/mol. The first-order valence-corrected chi connectivity index (χ1v) is 14.5. The van der Waals surface area contributed by atoms with Crippen LogP contribution in [0.1, 0.15) is 27.6 Å². The Kier molecular flexibility index (Phi) is 6.93. The molecule has 0 aromatic heterocycles. The van der Waals surface area contributed by atoms with E-state index >= 15 is 0 Å². The first-order chi connectivity index (χ1) is 17.6. The minimum atomic E-state index is -2.41. The van der Waals surface area contributed by atoms with Crippen LogP contribution in [0.25, 0.3) is 0 Å². The molecule has 1 aliphatic carbocycles. The van der Waals surface area contributed by atoms with Crippen molar-refractivity contribution in [3.05, 3.63) is 138 Å². The summed E-state index contributed by atoms with van der Waals surface area (Å²) in [6, 6.07) is 39.2. The second-order valence-electron chi connectivity index (χ2n) is 9.37. The molecule has 0 spiro atoms. The van der Waals surface area contributed by atoms with E-state index in [4.69, 9.17) is 4.74 Å². The van der Waals surface area contributed by atoms with Gasteiger partial charge in [-0.2, -0.15) is 0 Å². The molecular weight excluding hydrogens is 463 g/mol. The maximum absolute atomic E-state index is 13.0. The van der Waals surface area contributed by atoms with Gasteiger partial charge in [-0.05, 0) is 0 Å². The van der Waals surface area contributed by atoms with E-state index in [1.54, 1.807) is 24.3 Å². The van der Waals surface area contributed by atoms with E-state index in [0.29, 0.717) is 17.7 Å². The van der Waals surface area contributed by atoms with Crippen LogP contribution in [0.2, 0.25) is 0 Å². The zero-order chi connectivity index (χ0) is 25.0. The molecular formula is C32H29O3P. The van der Waals surface area contributed by atoms with Gasteiger partial charge in [0.05, 0.1) is 0 Å². The fraction of sp³-hybridized carbons (Fsp3) is 0.125. The fourth-order valence-electron chi connectivity index (χ4n) is 5.23. The molecule has 0 fully saturated rings. The quantitative estimate of drug-likeness (QED) is 0.313. The summed E-state index contributed by atoms with van der Waals surface area (Å²) in [5.41, 5.74) is 0.848. The third-order valence-electron chi connectivity index (χ3n) is 6.90. The van der Waals surface area contributed by atoms with Crippen molar-refractivity contribution in [2.75, 3.05) is 12.8 Å². The van der Waals surface area contributed by atoms with E-state index in [0.717, 1.165) is 6.16 Å². The summed E-state index contributed by atoms with van der Waals surface area (Å²) in [7, 11) is -2.41. The SMILES string of the molecule is CC(COC1=CC(=O)c2ccccc2C1=O)C[PH](c1ccccc1)(c1ccccc1)c1ccccc1. The molecule has 4 heteroatoms. The number of hydrogen-bond acceptors (Lipinski definition) is 3. The molecule has 0 N–H and O–H groups in total. The molecule has 0 radical (unpaired) electrons. The molecule has 4 aromatic carbocycles. The normalized spacial score (nSPS) is 14.5. The molecule has 5 rings (SSSR count). The molecule has 1 unspecified atom stereocenters. The summed E-state index contributed by atoms with van der Waals surface area (Å²) in [6.07, 6.45) is 2.24. The van der Waals surface area contributed by atoms with E-state index in [1.165, 1.54) is 22.0 Å². The van der Waals surface area contributed by atoms with E-state index in [1.807, 2.05) is 0 Å². The number of carbonyl (C=O) groups is 2. The van der Waals surface area contributed by atoms with Crippen LogP contribution in [0.5, 0.6) is 0 Å². The number of Topliss-reactive ketones (excluding diaryl/α,β-unsaturated/α-hetero) is 1. The van der Waals surface area contributed by atoms with Gasteiger partial charge in [-0.15, -0.1) is 0 Å². The molecule has 3 nitrogen and oxygen atoms in total. The second-order valence-corrected chi connectivity index (χ2v) is 13.3. The standard InChI is InChI=1S/C32H29O3P/c1-24(22-35-31-21-30(33)28-19-11-12-20-29(28)32(31)34)23-36(25-13-5-2-6-14-25,26-15-7-3-8-16-26)27-17-9-4-10-18-27/h2-21,24,36H,22-23H2,1H3. The van der Waals surface area contributed by atoms with Crippen molar-refractivity contribution in [3.63, 3.8) is 0 Å². The molecule has 0 bridgehead atoms. The van der Waals surface area contributed by atoms with Gasteiger partial charge in [-0.1, -0.05) is 0 Å². The summed E-state index contributed by atoms with van der Waals surface area (Å²) < 4.78 is 6.05. The monoisotopic (exact) mass is 492 g/mol. The molecule has 0 amide bonds. The molecule has 1 aliphatic rings. The van der Waals surface area contributed by atoms with Crippen molar-refractivity contribution < 1.29 is 14.3 Å². The third kappa shape index (κ3) is 4.55. The summed E-state index contributed by atoms with van der Waals surface area (Å²) in [6.45, 7) is 2.52. The molecule has 0 aliphatic heterocycles. The topological polar surface area (TPSA) is 43.4 Å². The van der Waals surface area contributed by atoms with E-state index in [9.17, 15) is 9.59 Å². The Morgan fingerprint density at radius 3 is 1.58 bits per heavy atom. The zero-order valence-corrected chi connectivity index (χ0v) is 21.3. The predicted molar refractivity (Wildman–Crippen MR) is 150 cm³/mol. The average Bonchev–Trinajstić information content (AvgIpc) is 2.94. The van der Waals surface area contributed by atoms with Crippen LogP contribution in [0.15, 0.2) is 127 Å². The number of hydrogen-bond donors (Lipinski definition) is 0. The van der Waals surface area contributed by atoms with Crippen molar-refractivity contribution in [3.8, 4) is 0 Å². The number of carbonyl (C=O) groups excluding carboxylic acids is 2. The van der Waals surface area contributed by atoms with Crippen molar-refractivity contribution in [2.24, 2.45) is 5.92 Å². The van der Waals surface area contributed by atoms with Crippen LogP contribution in [-0.4, -0.2) is 24.3 Å². The van der Waals surface area contributed by atoms with Crippen LogP contribution in [0.4, 0.5) is 0 Å². The van der Waals surface area contributed by atoms with Gasteiger partial charge in [0.2, 0.25) is 0 Å². The van der Waals surface area contributed by atoms with Gasteiger partial charge < -0.3 is 0 Å². The molecule has 180 valence electrons. The van der Waals surface area contributed by atoms with Crippen molar-refractivity contribution >= 4 is 34.7 Å². The van der Waals surface area contributed by atoms with Gasteiger partial charge in [0.25, 0.3) is 0 Å². The maximum atomic E-state index is 13.0. The molecule has 0 saturated carbocycles. The van der Waals surface area contributed by atoms with Crippen LogP contribution in [0.3, 0.4) is 0 Å². The van der Waals surface area contributed by atoms with Gasteiger partial charge in [0.15, 0.2) is 0 Å². The van der Waals surface area contributed by atoms with E-state index in [-0.39, 0.29) is 23.2 Å². The number of rotatable bonds is 8. The number of benzene rings is 4. The summed E-state index contributed by atoms with van der Waals surface area (Å²) in [5.74, 6) is -0.139. The Bertz CT molecular complexity index is 1300. The van der Waals surface area contributed by atoms with Gasteiger partial charge in [0, 0.05) is 0 Å². The fourth-order valence-corrected chi connectivity index (χ4v) is 10.4. The zero-order valence-electron chi connectivity index (χ0n) is 20.3. The van der Waals surface area contributed by atoms with Gasteiger partial charge in [0.1, 0.15) is 0 Å². The van der Waals surface area contributed by atoms with E-state index in [2.05, 4.69) is 97.9 Å². The Morgan fingerprint density at radius 1 is 0.639 bits per heavy atom. The first kappa shape index (κ1) is 23.9. The van der Waals surface area contributed by atoms with Crippen LogP contribution in [0, 0.1) is 5.92 Å². The number of allylic oxidation sites excluding steroid dienone is 2. The number of ether oxygens (including phenoxy) is 1. The van der Waals surface area contributed by atoms with E-state index < -0.39 is 7.26 Å². The van der Waals surface area contributed by atoms with Crippen molar-refractivity contribution in [1.29, 1.82) is 0 Å². The molecule has 4 aromatic rings. The number of ketones is 2. The minimum absolute atomic E-state index is 0.136. The van der Waals surface area contributed by atoms with Crippen molar-refractivity contribution in [2.45, 2.75) is 6.92 Å². The van der Waals surface area contributed by atoms with Crippen LogP contribution >= 0.6 is 7.26 Å². The Balaban J connectivity index is 1.47. The predicted octanol–water partition coefficient (Wildman–Crippen LogP) is 5.33. The molecule has 0 saturated heterocycles. The van der Waals surface area contributed by atoms with Crippen LogP contribution < -0.4 is 15.9 Å². The Morgan fingerprint density at radius 2 is 1.08 bits per heavy atom. The van der Waals surface area contributed by atoms with Gasteiger partial charge >= 0.3 is 213 Å². The van der Waals surface area contributed by atoms with Crippen LogP contribution in [-0.2, 0) is 4.74 Å². The second kappa shape index (κ2) is 10.4. The molecule has 1 atom stereocenters. The van der Waals surface area contributed by atoms with Gasteiger partial charge in [-0.3, -0.25) is 0 Å². The number of fused-ring (bicyclic) bond motifs is 1. The Labute approximate surface area is 212 Å². The summed E-state index contributed by atoms with van der Waals surface area (Å²) in [4.78, 5) is 25.6. The molecule has 36 heavy (non-hydrogen) atoms. The Hall–Kier alpha value is -3.81. The summed E-state index contributed by atoms with van der Waals surface area (Å²) >= 11 is 0.